The van der Waals surface area contributed by atoms with Gasteiger partial charge in [0.15, 0.2) is 6.61 Å². The maximum atomic E-state index is 11.9. The number of carbonyl (C=O) groups excluding carboxylic acids is 2. The average molecular weight is 365 g/mol. The van der Waals surface area contributed by atoms with Crippen molar-refractivity contribution in [2.24, 2.45) is 0 Å². The Balaban J connectivity index is 1.99. The van der Waals surface area contributed by atoms with E-state index in [1.807, 2.05) is 0 Å². The summed E-state index contributed by atoms with van der Waals surface area (Å²) in [7, 11) is 0. The number of nitro groups is 1. The van der Waals surface area contributed by atoms with Gasteiger partial charge in [0.2, 0.25) is 0 Å². The summed E-state index contributed by atoms with van der Waals surface area (Å²) >= 11 is 5.68. The summed E-state index contributed by atoms with van der Waals surface area (Å²) in [6.45, 7) is 0.995. The Morgan fingerprint density at radius 1 is 1.32 bits per heavy atom. The van der Waals surface area contributed by atoms with Crippen LogP contribution in [0.5, 0.6) is 5.75 Å². The van der Waals surface area contributed by atoms with Crippen molar-refractivity contribution in [3.63, 3.8) is 0 Å². The molecule has 2 aromatic rings. The van der Waals surface area contributed by atoms with Crippen LogP contribution in [0.2, 0.25) is 5.02 Å². The Hall–Kier alpha value is -3.13. The van der Waals surface area contributed by atoms with Crippen LogP contribution in [-0.2, 0) is 9.53 Å². The average Bonchev–Trinajstić information content (AvgIpc) is 2.56. The maximum Gasteiger partial charge on any atom is 0.342 e. The lowest BCUT2D eigenvalue weighted by molar-refractivity contribution is -0.384. The zero-order valence-corrected chi connectivity index (χ0v) is 13.7. The molecule has 0 unspecified atom stereocenters. The molecule has 2 rings (SSSR count). The van der Waals surface area contributed by atoms with Crippen molar-refractivity contribution < 1.29 is 24.4 Å². The molecule has 0 aliphatic carbocycles. The number of para-hydroxylation sites is 1. The number of rotatable bonds is 5. The molecule has 0 aromatic heterocycles. The monoisotopic (exact) mass is 364 g/mol. The third kappa shape index (κ3) is 4.45. The Kier molecular flexibility index (Phi) is 5.56. The molecule has 9 heteroatoms. The van der Waals surface area contributed by atoms with E-state index in [-0.39, 0.29) is 27.7 Å². The van der Waals surface area contributed by atoms with Gasteiger partial charge in [0, 0.05) is 11.8 Å². The molecular formula is C16H13ClN2O6. The van der Waals surface area contributed by atoms with E-state index < -0.39 is 23.4 Å². The van der Waals surface area contributed by atoms with Gasteiger partial charge in [0.25, 0.3) is 11.6 Å². The number of aromatic hydroxyl groups is 1. The van der Waals surface area contributed by atoms with Gasteiger partial charge < -0.3 is 15.2 Å². The lowest BCUT2D eigenvalue weighted by atomic mass is 10.1. The second-order valence-corrected chi connectivity index (χ2v) is 5.43. The molecule has 0 saturated heterocycles. The molecule has 1 amide bonds. The van der Waals surface area contributed by atoms with Gasteiger partial charge in [-0.15, -0.1) is 0 Å². The molecule has 25 heavy (non-hydrogen) atoms. The van der Waals surface area contributed by atoms with E-state index in [1.54, 1.807) is 19.1 Å². The second-order valence-electron chi connectivity index (χ2n) is 5.02. The normalized spacial score (nSPS) is 10.2. The van der Waals surface area contributed by atoms with Gasteiger partial charge in [0.05, 0.1) is 4.92 Å². The minimum atomic E-state index is -0.863. The fourth-order valence-corrected chi connectivity index (χ4v) is 2.15. The number of esters is 1. The van der Waals surface area contributed by atoms with Crippen molar-refractivity contribution >= 4 is 34.9 Å². The highest BCUT2D eigenvalue weighted by atomic mass is 35.5. The highest BCUT2D eigenvalue weighted by Crippen LogP contribution is 2.27. The highest BCUT2D eigenvalue weighted by molar-refractivity contribution is 6.32. The number of hydrogen-bond acceptors (Lipinski definition) is 6. The summed E-state index contributed by atoms with van der Waals surface area (Å²) in [5.74, 6) is -1.78. The zero-order chi connectivity index (χ0) is 18.6. The van der Waals surface area contributed by atoms with Crippen LogP contribution < -0.4 is 5.32 Å². The number of ether oxygens (including phenoxy) is 1. The molecule has 0 atom stereocenters. The number of nitro benzene ring substituents is 1. The molecule has 0 aliphatic heterocycles. The lowest BCUT2D eigenvalue weighted by Crippen LogP contribution is -2.21. The molecule has 8 nitrogen and oxygen atoms in total. The number of aryl methyl sites for hydroxylation is 1. The molecule has 130 valence electrons. The van der Waals surface area contributed by atoms with E-state index in [0.717, 1.165) is 6.07 Å². The summed E-state index contributed by atoms with van der Waals surface area (Å²) in [5, 5.41) is 22.9. The molecule has 2 aromatic carbocycles. The van der Waals surface area contributed by atoms with E-state index in [0.29, 0.717) is 5.56 Å². The summed E-state index contributed by atoms with van der Waals surface area (Å²) in [4.78, 5) is 33.8. The number of anilines is 1. The molecule has 0 radical (unpaired) electrons. The molecule has 0 aliphatic rings. The van der Waals surface area contributed by atoms with Gasteiger partial charge in [-0.05, 0) is 30.7 Å². The van der Waals surface area contributed by atoms with E-state index in [1.165, 1.54) is 18.2 Å². The number of phenolic OH excluding ortho intramolecular Hbond substituents is 1. The van der Waals surface area contributed by atoms with E-state index in [9.17, 15) is 24.8 Å². The molecule has 0 bridgehead atoms. The van der Waals surface area contributed by atoms with Crippen LogP contribution in [0.1, 0.15) is 15.9 Å². The van der Waals surface area contributed by atoms with Crippen molar-refractivity contribution in [2.75, 3.05) is 11.9 Å². The third-order valence-corrected chi connectivity index (χ3v) is 3.54. The van der Waals surface area contributed by atoms with E-state index in [4.69, 9.17) is 16.3 Å². The topological polar surface area (TPSA) is 119 Å². The van der Waals surface area contributed by atoms with Gasteiger partial charge in [-0.25, -0.2) is 4.79 Å². The number of carbonyl (C=O) groups is 2. The summed E-state index contributed by atoms with van der Waals surface area (Å²) in [5.41, 5.74) is 0.207. The fraction of sp³-hybridized carbons (Fsp3) is 0.125. The first-order valence-electron chi connectivity index (χ1n) is 6.99. The fourth-order valence-electron chi connectivity index (χ4n) is 1.96. The Labute approximate surface area is 147 Å². The first-order chi connectivity index (χ1) is 11.8. The standard InChI is InChI=1S/C16H13ClN2O6/c1-9-3-2-4-11(15(9)21)16(22)25-8-14(20)18-10-5-6-12(17)13(7-10)19(23)24/h2-7,21H,8H2,1H3,(H,18,20). The van der Waals surface area contributed by atoms with Gasteiger partial charge in [-0.1, -0.05) is 23.7 Å². The number of nitrogens with one attached hydrogen (secondary N) is 1. The zero-order valence-electron chi connectivity index (χ0n) is 13.0. The van der Waals surface area contributed by atoms with Crippen LogP contribution in [0.25, 0.3) is 0 Å². The van der Waals surface area contributed by atoms with Crippen LogP contribution in [0.4, 0.5) is 11.4 Å². The summed E-state index contributed by atoms with van der Waals surface area (Å²) in [6.07, 6.45) is 0. The van der Waals surface area contributed by atoms with Gasteiger partial charge in [-0.3, -0.25) is 14.9 Å². The second kappa shape index (κ2) is 7.63. The summed E-state index contributed by atoms with van der Waals surface area (Å²) in [6, 6.07) is 8.29. The van der Waals surface area contributed by atoms with Crippen LogP contribution in [0.15, 0.2) is 36.4 Å². The molecule has 0 saturated carbocycles. The largest absolute Gasteiger partial charge is 0.507 e. The number of halogens is 1. The Morgan fingerprint density at radius 2 is 2.04 bits per heavy atom. The number of hydrogen-bond donors (Lipinski definition) is 2. The highest BCUT2D eigenvalue weighted by Gasteiger charge is 2.17. The van der Waals surface area contributed by atoms with Crippen LogP contribution in [-0.4, -0.2) is 28.5 Å². The van der Waals surface area contributed by atoms with Gasteiger partial charge >= 0.3 is 5.97 Å². The first-order valence-corrected chi connectivity index (χ1v) is 7.37. The predicted molar refractivity (Wildman–Crippen MR) is 89.9 cm³/mol. The minimum absolute atomic E-state index is 0.0602. The van der Waals surface area contributed by atoms with Gasteiger partial charge in [0.1, 0.15) is 16.3 Å². The van der Waals surface area contributed by atoms with Crippen molar-refractivity contribution in [3.05, 3.63) is 62.7 Å². The van der Waals surface area contributed by atoms with Crippen molar-refractivity contribution in [1.29, 1.82) is 0 Å². The van der Waals surface area contributed by atoms with Crippen LogP contribution >= 0.6 is 11.6 Å². The first kappa shape index (κ1) is 18.2. The maximum absolute atomic E-state index is 11.9. The Morgan fingerprint density at radius 3 is 2.72 bits per heavy atom. The molecular weight excluding hydrogens is 352 g/mol. The number of amides is 1. The number of benzene rings is 2. The SMILES string of the molecule is Cc1cccc(C(=O)OCC(=O)Nc2ccc(Cl)c([N+](=O)[O-])c2)c1O. The number of nitrogens with zero attached hydrogens (tertiary/aromatic N) is 1. The minimum Gasteiger partial charge on any atom is -0.507 e. The van der Waals surface area contributed by atoms with Crippen molar-refractivity contribution in [1.82, 2.24) is 0 Å². The molecule has 0 spiro atoms. The predicted octanol–water partition coefficient (Wildman–Crippen LogP) is 3.06. The summed E-state index contributed by atoms with van der Waals surface area (Å²) < 4.78 is 4.83. The van der Waals surface area contributed by atoms with Crippen molar-refractivity contribution in [2.45, 2.75) is 6.92 Å². The smallest absolute Gasteiger partial charge is 0.342 e. The van der Waals surface area contributed by atoms with Crippen LogP contribution in [0, 0.1) is 17.0 Å². The van der Waals surface area contributed by atoms with Crippen molar-refractivity contribution in [3.8, 4) is 5.75 Å². The quantitative estimate of drug-likeness (QED) is 0.478. The third-order valence-electron chi connectivity index (χ3n) is 3.22. The molecule has 0 fully saturated rings. The van der Waals surface area contributed by atoms with Crippen LogP contribution in [0.3, 0.4) is 0 Å². The lowest BCUT2D eigenvalue weighted by Gasteiger charge is -2.08. The van der Waals surface area contributed by atoms with E-state index >= 15 is 0 Å². The molecule has 2 N–H and O–H groups in total. The van der Waals surface area contributed by atoms with E-state index in [2.05, 4.69) is 5.32 Å². The Bertz CT molecular complexity index is 853. The number of phenols is 1. The molecule has 0 heterocycles. The van der Waals surface area contributed by atoms with Gasteiger partial charge in [-0.2, -0.15) is 0 Å².